The van der Waals surface area contributed by atoms with Crippen molar-refractivity contribution in [3.05, 3.63) is 42.1 Å². The fourth-order valence-electron chi connectivity index (χ4n) is 1.55. The molecule has 0 aliphatic rings. The maximum absolute atomic E-state index is 5.28. The van der Waals surface area contributed by atoms with E-state index in [9.17, 15) is 0 Å². The minimum Gasteiger partial charge on any atom is -0.467 e. The number of rotatable bonds is 5. The van der Waals surface area contributed by atoms with Crippen molar-refractivity contribution in [2.45, 2.75) is 13.1 Å². The number of hydrogen-bond donors (Lipinski definition) is 1. The Morgan fingerprint density at radius 3 is 2.71 bits per heavy atom. The minimum absolute atomic E-state index is 0.665. The lowest BCUT2D eigenvalue weighted by molar-refractivity contribution is 0.506. The van der Waals surface area contributed by atoms with Crippen LogP contribution in [-0.2, 0) is 13.1 Å². The van der Waals surface area contributed by atoms with E-state index < -0.39 is 0 Å². The first-order valence-corrected chi connectivity index (χ1v) is 5.48. The zero-order chi connectivity index (χ0) is 12.1. The first kappa shape index (κ1) is 11.6. The van der Waals surface area contributed by atoms with Crippen LogP contribution < -0.4 is 10.2 Å². The molecular formula is C12H16N4O. The van der Waals surface area contributed by atoms with Crippen LogP contribution in [0.2, 0.25) is 0 Å². The minimum atomic E-state index is 0.665. The highest BCUT2D eigenvalue weighted by atomic mass is 16.3. The molecule has 17 heavy (non-hydrogen) atoms. The molecule has 0 saturated heterocycles. The summed E-state index contributed by atoms with van der Waals surface area (Å²) in [4.78, 5) is 10.6. The van der Waals surface area contributed by atoms with Crippen molar-refractivity contribution < 1.29 is 4.42 Å². The van der Waals surface area contributed by atoms with E-state index in [2.05, 4.69) is 15.3 Å². The molecule has 5 nitrogen and oxygen atoms in total. The standard InChI is InChI=1S/C12H16N4O/c1-13-6-10-7-14-12(15-8-10)16(2)9-11-4-3-5-17-11/h3-5,7-8,13H,6,9H2,1-2H3. The third-order valence-electron chi connectivity index (χ3n) is 2.39. The molecule has 2 heterocycles. The molecule has 0 unspecified atom stereocenters. The number of nitrogens with zero attached hydrogens (tertiary/aromatic N) is 3. The second kappa shape index (κ2) is 5.45. The van der Waals surface area contributed by atoms with Gasteiger partial charge in [-0.3, -0.25) is 0 Å². The van der Waals surface area contributed by atoms with Gasteiger partial charge in [0.1, 0.15) is 5.76 Å². The highest BCUT2D eigenvalue weighted by Gasteiger charge is 2.06. The van der Waals surface area contributed by atoms with Crippen LogP contribution in [0.4, 0.5) is 5.95 Å². The maximum atomic E-state index is 5.28. The molecule has 0 atom stereocenters. The van der Waals surface area contributed by atoms with Gasteiger partial charge >= 0.3 is 0 Å². The summed E-state index contributed by atoms with van der Waals surface area (Å²) in [6, 6.07) is 3.81. The molecule has 0 aliphatic heterocycles. The van der Waals surface area contributed by atoms with E-state index in [4.69, 9.17) is 4.42 Å². The monoisotopic (exact) mass is 232 g/mol. The number of anilines is 1. The molecule has 0 bridgehead atoms. The Morgan fingerprint density at radius 1 is 1.35 bits per heavy atom. The van der Waals surface area contributed by atoms with E-state index in [0.29, 0.717) is 12.5 Å². The van der Waals surface area contributed by atoms with Crippen molar-refractivity contribution in [1.29, 1.82) is 0 Å². The van der Waals surface area contributed by atoms with Gasteiger partial charge in [-0.1, -0.05) is 0 Å². The van der Waals surface area contributed by atoms with Gasteiger partial charge in [-0.25, -0.2) is 9.97 Å². The molecule has 0 aliphatic carbocycles. The van der Waals surface area contributed by atoms with Crippen LogP contribution in [-0.4, -0.2) is 24.1 Å². The molecule has 5 heteroatoms. The largest absolute Gasteiger partial charge is 0.467 e. The molecule has 0 aromatic carbocycles. The van der Waals surface area contributed by atoms with Crippen LogP contribution in [0.5, 0.6) is 0 Å². The third kappa shape index (κ3) is 3.04. The maximum Gasteiger partial charge on any atom is 0.225 e. The fourth-order valence-corrected chi connectivity index (χ4v) is 1.55. The lowest BCUT2D eigenvalue weighted by Gasteiger charge is -2.15. The van der Waals surface area contributed by atoms with Gasteiger partial charge in [0, 0.05) is 31.5 Å². The van der Waals surface area contributed by atoms with Crippen molar-refractivity contribution >= 4 is 5.95 Å². The first-order chi connectivity index (χ1) is 8.29. The van der Waals surface area contributed by atoms with E-state index in [1.807, 2.05) is 43.5 Å². The molecule has 90 valence electrons. The molecule has 0 fully saturated rings. The molecule has 0 radical (unpaired) electrons. The van der Waals surface area contributed by atoms with Gasteiger partial charge in [-0.15, -0.1) is 0 Å². The smallest absolute Gasteiger partial charge is 0.225 e. The molecule has 0 saturated carbocycles. The summed E-state index contributed by atoms with van der Waals surface area (Å²) in [5.41, 5.74) is 1.07. The molecule has 2 aromatic heterocycles. The van der Waals surface area contributed by atoms with Crippen LogP contribution >= 0.6 is 0 Å². The second-order valence-electron chi connectivity index (χ2n) is 3.86. The topological polar surface area (TPSA) is 54.2 Å². The summed E-state index contributed by atoms with van der Waals surface area (Å²) in [5, 5.41) is 3.06. The summed E-state index contributed by atoms with van der Waals surface area (Å²) in [6.45, 7) is 1.44. The van der Waals surface area contributed by atoms with Crippen molar-refractivity contribution in [3.63, 3.8) is 0 Å². The zero-order valence-electron chi connectivity index (χ0n) is 10.1. The van der Waals surface area contributed by atoms with Crippen molar-refractivity contribution in [2.75, 3.05) is 19.0 Å². The molecule has 0 amide bonds. The van der Waals surface area contributed by atoms with Crippen LogP contribution in [0.15, 0.2) is 35.2 Å². The van der Waals surface area contributed by atoms with E-state index in [0.717, 1.165) is 17.9 Å². The summed E-state index contributed by atoms with van der Waals surface area (Å²) in [6.07, 6.45) is 5.33. The highest BCUT2D eigenvalue weighted by Crippen LogP contribution is 2.10. The molecule has 0 spiro atoms. The Balaban J connectivity index is 2.01. The highest BCUT2D eigenvalue weighted by molar-refractivity contribution is 5.29. The number of aromatic nitrogens is 2. The SMILES string of the molecule is CNCc1cnc(N(C)Cc2ccco2)nc1. The lowest BCUT2D eigenvalue weighted by Crippen LogP contribution is -2.19. The van der Waals surface area contributed by atoms with Gasteiger partial charge in [0.05, 0.1) is 12.8 Å². The third-order valence-corrected chi connectivity index (χ3v) is 2.39. The summed E-state index contributed by atoms with van der Waals surface area (Å²) in [7, 11) is 3.84. The molecule has 2 aromatic rings. The van der Waals surface area contributed by atoms with Crippen molar-refractivity contribution in [1.82, 2.24) is 15.3 Å². The Hall–Kier alpha value is -1.88. The van der Waals surface area contributed by atoms with Crippen LogP contribution in [0, 0.1) is 0 Å². The van der Waals surface area contributed by atoms with Gasteiger partial charge < -0.3 is 14.6 Å². The summed E-state index contributed by atoms with van der Waals surface area (Å²) >= 11 is 0. The van der Waals surface area contributed by atoms with Gasteiger partial charge in [-0.05, 0) is 19.2 Å². The predicted molar refractivity (Wildman–Crippen MR) is 65.6 cm³/mol. The van der Waals surface area contributed by atoms with Gasteiger partial charge in [-0.2, -0.15) is 0 Å². The fraction of sp³-hybridized carbons (Fsp3) is 0.333. The quantitative estimate of drug-likeness (QED) is 0.845. The Labute approximate surface area is 100 Å². The van der Waals surface area contributed by atoms with Crippen LogP contribution in [0.3, 0.4) is 0 Å². The normalized spacial score (nSPS) is 10.5. The predicted octanol–water partition coefficient (Wildman–Crippen LogP) is 1.43. The Bertz CT molecular complexity index is 438. The number of nitrogens with one attached hydrogen (secondary N) is 1. The van der Waals surface area contributed by atoms with Crippen molar-refractivity contribution in [3.8, 4) is 0 Å². The van der Waals surface area contributed by atoms with Gasteiger partial charge in [0.2, 0.25) is 5.95 Å². The second-order valence-corrected chi connectivity index (χ2v) is 3.86. The lowest BCUT2D eigenvalue weighted by atomic mass is 10.3. The summed E-state index contributed by atoms with van der Waals surface area (Å²) in [5.74, 6) is 1.59. The van der Waals surface area contributed by atoms with Crippen LogP contribution in [0.25, 0.3) is 0 Å². The Morgan fingerprint density at radius 2 is 2.12 bits per heavy atom. The van der Waals surface area contributed by atoms with E-state index in [1.54, 1.807) is 6.26 Å². The number of furan rings is 1. The molecule has 1 N–H and O–H groups in total. The van der Waals surface area contributed by atoms with E-state index in [1.165, 1.54) is 0 Å². The van der Waals surface area contributed by atoms with Crippen LogP contribution in [0.1, 0.15) is 11.3 Å². The van der Waals surface area contributed by atoms with E-state index >= 15 is 0 Å². The average molecular weight is 232 g/mol. The van der Waals surface area contributed by atoms with E-state index in [-0.39, 0.29) is 0 Å². The van der Waals surface area contributed by atoms with Gasteiger partial charge in [0.15, 0.2) is 0 Å². The summed E-state index contributed by atoms with van der Waals surface area (Å²) < 4.78 is 5.28. The average Bonchev–Trinajstić information content (AvgIpc) is 2.83. The zero-order valence-corrected chi connectivity index (χ0v) is 10.1. The van der Waals surface area contributed by atoms with Crippen molar-refractivity contribution in [2.24, 2.45) is 0 Å². The number of hydrogen-bond acceptors (Lipinski definition) is 5. The Kier molecular flexibility index (Phi) is 3.72. The molecular weight excluding hydrogens is 216 g/mol. The first-order valence-electron chi connectivity index (χ1n) is 5.48. The van der Waals surface area contributed by atoms with Gasteiger partial charge in [0.25, 0.3) is 0 Å². The molecule has 2 rings (SSSR count).